The first-order valence-corrected chi connectivity index (χ1v) is 16.2. The highest BCUT2D eigenvalue weighted by atomic mass is 32.2. The van der Waals surface area contributed by atoms with Crippen LogP contribution in [0.25, 0.3) is 0 Å². The Hall–Kier alpha value is -3.52. The summed E-state index contributed by atoms with van der Waals surface area (Å²) in [5.41, 5.74) is 0.893. The lowest BCUT2D eigenvalue weighted by molar-refractivity contribution is 0.0389. The van der Waals surface area contributed by atoms with E-state index in [0.29, 0.717) is 0 Å². The van der Waals surface area contributed by atoms with Gasteiger partial charge in [-0.05, 0) is 62.4 Å². The molecular weight excluding hydrogens is 585 g/mol. The Labute approximate surface area is 245 Å². The van der Waals surface area contributed by atoms with E-state index in [4.69, 9.17) is 4.74 Å². The summed E-state index contributed by atoms with van der Waals surface area (Å²) in [4.78, 5) is 15.0. The molecule has 1 aliphatic heterocycles. The number of likely N-dealkylation sites (N-methyl/N-ethyl adjacent to an activating group) is 1. The quantitative estimate of drug-likeness (QED) is 0.375. The number of aryl methyl sites for hydroxylation is 1. The van der Waals surface area contributed by atoms with Crippen molar-refractivity contribution in [1.82, 2.24) is 9.21 Å². The van der Waals surface area contributed by atoms with E-state index in [2.05, 4.69) is 4.72 Å². The van der Waals surface area contributed by atoms with Crippen LogP contribution in [0.15, 0.2) is 76.5 Å². The number of rotatable bonds is 9. The highest BCUT2D eigenvalue weighted by molar-refractivity contribution is 7.92. The van der Waals surface area contributed by atoms with Crippen molar-refractivity contribution in [2.75, 3.05) is 31.5 Å². The molecule has 0 spiro atoms. The van der Waals surface area contributed by atoms with Crippen molar-refractivity contribution in [1.29, 1.82) is 0 Å². The van der Waals surface area contributed by atoms with Crippen LogP contribution in [0.3, 0.4) is 0 Å². The van der Waals surface area contributed by atoms with Crippen LogP contribution in [0, 0.1) is 18.7 Å². The Balaban J connectivity index is 1.76. The molecule has 42 heavy (non-hydrogen) atoms. The standard InChI is InChI=1S/C29H34FN3O7S2/c1-19-8-12-24(13-9-19)42(38,39)32(4)17-27-20(2)16-33(21(3)18-34)29(35)25-6-5-7-26(28(25)40-27)31-41(36,37)23-14-10-22(30)11-15-23/h5-15,20-21,27,31,34H,16-18H2,1-4H3/t20-,21-,27-/m0/s1. The molecule has 4 rings (SSSR count). The van der Waals surface area contributed by atoms with Gasteiger partial charge in [0.15, 0.2) is 5.75 Å². The van der Waals surface area contributed by atoms with Gasteiger partial charge < -0.3 is 14.7 Å². The minimum atomic E-state index is -4.22. The Morgan fingerprint density at radius 2 is 1.67 bits per heavy atom. The molecule has 0 unspecified atom stereocenters. The third-order valence-electron chi connectivity index (χ3n) is 7.23. The summed E-state index contributed by atoms with van der Waals surface area (Å²) < 4.78 is 76.5. The zero-order valence-corrected chi connectivity index (χ0v) is 25.3. The van der Waals surface area contributed by atoms with Crippen LogP contribution in [-0.2, 0) is 20.0 Å². The number of ether oxygens (including phenoxy) is 1. The molecule has 3 atom stereocenters. The van der Waals surface area contributed by atoms with Gasteiger partial charge in [0.05, 0.1) is 40.2 Å². The van der Waals surface area contributed by atoms with Crippen LogP contribution >= 0.6 is 0 Å². The number of hydrogen-bond donors (Lipinski definition) is 2. The topological polar surface area (TPSA) is 133 Å². The van der Waals surface area contributed by atoms with E-state index in [0.717, 1.165) is 34.1 Å². The number of carbonyl (C=O) groups is 1. The van der Waals surface area contributed by atoms with Gasteiger partial charge >= 0.3 is 0 Å². The van der Waals surface area contributed by atoms with E-state index in [9.17, 15) is 31.1 Å². The summed E-state index contributed by atoms with van der Waals surface area (Å²) in [6.07, 6.45) is -0.827. The maximum absolute atomic E-state index is 13.7. The van der Waals surface area contributed by atoms with Crippen molar-refractivity contribution in [2.24, 2.45) is 5.92 Å². The Morgan fingerprint density at radius 1 is 1.05 bits per heavy atom. The van der Waals surface area contributed by atoms with Gasteiger partial charge in [-0.3, -0.25) is 9.52 Å². The molecule has 0 saturated carbocycles. The number of sulfonamides is 2. The fourth-order valence-corrected chi connectivity index (χ4v) is 6.85. The van der Waals surface area contributed by atoms with E-state index in [-0.39, 0.29) is 46.5 Å². The molecule has 226 valence electrons. The van der Waals surface area contributed by atoms with Gasteiger partial charge in [-0.25, -0.2) is 21.2 Å². The SMILES string of the molecule is Cc1ccc(S(=O)(=O)N(C)C[C@@H]2Oc3c(NS(=O)(=O)c4ccc(F)cc4)cccc3C(=O)N([C@@H](C)CO)C[C@@H]2C)cc1. The number of aliphatic hydroxyl groups excluding tert-OH is 1. The van der Waals surface area contributed by atoms with Crippen molar-refractivity contribution in [2.45, 2.75) is 42.7 Å². The summed E-state index contributed by atoms with van der Waals surface area (Å²) in [7, 11) is -6.71. The van der Waals surface area contributed by atoms with Crippen LogP contribution < -0.4 is 9.46 Å². The molecule has 3 aromatic carbocycles. The van der Waals surface area contributed by atoms with Crippen LogP contribution in [-0.4, -0.2) is 75.9 Å². The summed E-state index contributed by atoms with van der Waals surface area (Å²) in [5.74, 6) is -1.61. The maximum atomic E-state index is 13.7. The maximum Gasteiger partial charge on any atom is 0.262 e. The number of carbonyl (C=O) groups excluding carboxylic acids is 1. The number of para-hydroxylation sites is 1. The average Bonchev–Trinajstić information content (AvgIpc) is 2.95. The van der Waals surface area contributed by atoms with E-state index < -0.39 is 49.8 Å². The number of amides is 1. The molecule has 13 heteroatoms. The molecule has 0 bridgehead atoms. The second kappa shape index (κ2) is 12.4. The summed E-state index contributed by atoms with van der Waals surface area (Å²) in [5, 5.41) is 9.89. The second-order valence-electron chi connectivity index (χ2n) is 10.5. The van der Waals surface area contributed by atoms with Gasteiger partial charge in [0.25, 0.3) is 15.9 Å². The zero-order chi connectivity index (χ0) is 30.8. The zero-order valence-electron chi connectivity index (χ0n) is 23.7. The Kier molecular flexibility index (Phi) is 9.26. The number of nitrogens with one attached hydrogen (secondary N) is 1. The smallest absolute Gasteiger partial charge is 0.262 e. The summed E-state index contributed by atoms with van der Waals surface area (Å²) in [6, 6.07) is 14.5. The molecule has 3 aromatic rings. The summed E-state index contributed by atoms with van der Waals surface area (Å²) >= 11 is 0. The molecule has 10 nitrogen and oxygen atoms in total. The molecule has 0 aliphatic carbocycles. The second-order valence-corrected chi connectivity index (χ2v) is 14.2. The van der Waals surface area contributed by atoms with Gasteiger partial charge in [-0.15, -0.1) is 0 Å². The molecule has 0 fully saturated rings. The van der Waals surface area contributed by atoms with Crippen molar-refractivity contribution < 1.29 is 35.9 Å². The molecule has 2 N–H and O–H groups in total. The molecule has 1 heterocycles. The molecule has 1 aliphatic rings. The van der Waals surface area contributed by atoms with Gasteiger partial charge in [0.2, 0.25) is 10.0 Å². The number of halogens is 1. The Morgan fingerprint density at radius 3 is 2.29 bits per heavy atom. The van der Waals surface area contributed by atoms with E-state index >= 15 is 0 Å². The molecule has 0 aromatic heterocycles. The lowest BCUT2D eigenvalue weighted by Crippen LogP contribution is -2.50. The largest absolute Gasteiger partial charge is 0.486 e. The van der Waals surface area contributed by atoms with Crippen LogP contribution in [0.5, 0.6) is 5.75 Å². The van der Waals surface area contributed by atoms with E-state index in [1.165, 1.54) is 42.3 Å². The number of benzene rings is 3. The van der Waals surface area contributed by atoms with Crippen LogP contribution in [0.2, 0.25) is 0 Å². The number of anilines is 1. The van der Waals surface area contributed by atoms with E-state index in [1.54, 1.807) is 26.0 Å². The lowest BCUT2D eigenvalue weighted by atomic mass is 9.99. The molecular formula is C29H34FN3O7S2. The normalized spacial score (nSPS) is 18.5. The predicted octanol–water partition coefficient (Wildman–Crippen LogP) is 3.48. The Bertz CT molecular complexity index is 1650. The summed E-state index contributed by atoms with van der Waals surface area (Å²) in [6.45, 7) is 5.02. The van der Waals surface area contributed by atoms with Crippen molar-refractivity contribution in [3.8, 4) is 5.75 Å². The van der Waals surface area contributed by atoms with Crippen LogP contribution in [0.1, 0.15) is 29.8 Å². The van der Waals surface area contributed by atoms with Gasteiger partial charge in [0, 0.05) is 19.5 Å². The minimum absolute atomic E-state index is 0.0375. The first-order valence-electron chi connectivity index (χ1n) is 13.3. The van der Waals surface area contributed by atoms with Gasteiger partial charge in [-0.1, -0.05) is 30.7 Å². The minimum Gasteiger partial charge on any atom is -0.486 e. The molecule has 1 amide bonds. The third kappa shape index (κ3) is 6.59. The fourth-order valence-electron chi connectivity index (χ4n) is 4.60. The van der Waals surface area contributed by atoms with Crippen molar-refractivity contribution >= 4 is 31.6 Å². The molecule has 0 radical (unpaired) electrons. The van der Waals surface area contributed by atoms with Crippen molar-refractivity contribution in [3.63, 3.8) is 0 Å². The van der Waals surface area contributed by atoms with Crippen LogP contribution in [0.4, 0.5) is 10.1 Å². The van der Waals surface area contributed by atoms with Crippen molar-refractivity contribution in [3.05, 3.63) is 83.7 Å². The van der Waals surface area contributed by atoms with Gasteiger partial charge in [-0.2, -0.15) is 4.31 Å². The first-order chi connectivity index (χ1) is 19.7. The number of fused-ring (bicyclic) bond motifs is 1. The number of aliphatic hydroxyl groups is 1. The fraction of sp³-hybridized carbons (Fsp3) is 0.345. The first kappa shape index (κ1) is 31.4. The number of nitrogens with zero attached hydrogens (tertiary/aromatic N) is 2. The predicted molar refractivity (Wildman–Crippen MR) is 156 cm³/mol. The third-order valence-corrected chi connectivity index (χ3v) is 10.4. The molecule has 0 saturated heterocycles. The van der Waals surface area contributed by atoms with Gasteiger partial charge in [0.1, 0.15) is 11.9 Å². The average molecular weight is 620 g/mol. The number of hydrogen-bond acceptors (Lipinski definition) is 7. The highest BCUT2D eigenvalue weighted by Gasteiger charge is 2.36. The monoisotopic (exact) mass is 619 g/mol. The lowest BCUT2D eigenvalue weighted by Gasteiger charge is -2.38. The van der Waals surface area contributed by atoms with E-state index in [1.807, 2.05) is 6.92 Å². The highest BCUT2D eigenvalue weighted by Crippen LogP contribution is 2.36.